The van der Waals surface area contributed by atoms with Gasteiger partial charge in [-0.25, -0.2) is 4.98 Å². The van der Waals surface area contributed by atoms with E-state index in [0.717, 1.165) is 31.4 Å². The van der Waals surface area contributed by atoms with Gasteiger partial charge in [0, 0.05) is 36.3 Å². The van der Waals surface area contributed by atoms with Crippen LogP contribution < -0.4 is 10.2 Å². The minimum absolute atomic E-state index is 0.478. The Morgan fingerprint density at radius 3 is 2.86 bits per heavy atom. The van der Waals surface area contributed by atoms with E-state index < -0.39 is 0 Å². The molecule has 118 valence electrons. The predicted octanol–water partition coefficient (Wildman–Crippen LogP) is 3.65. The van der Waals surface area contributed by atoms with Crippen LogP contribution >= 0.6 is 11.8 Å². The van der Waals surface area contributed by atoms with Crippen molar-refractivity contribution in [1.29, 1.82) is 0 Å². The number of rotatable bonds is 6. The third-order valence-corrected chi connectivity index (χ3v) is 5.35. The van der Waals surface area contributed by atoms with Crippen LogP contribution in [0.4, 0.5) is 5.82 Å². The van der Waals surface area contributed by atoms with Crippen LogP contribution in [0.5, 0.6) is 0 Å². The lowest BCUT2D eigenvalue weighted by molar-refractivity contribution is 0.701. The summed E-state index contributed by atoms with van der Waals surface area (Å²) in [4.78, 5) is 7.40. The van der Waals surface area contributed by atoms with Gasteiger partial charge in [0.05, 0.1) is 0 Å². The second-order valence-corrected chi connectivity index (χ2v) is 7.45. The molecule has 0 aliphatic carbocycles. The predicted molar refractivity (Wildman–Crippen MR) is 94.5 cm³/mol. The Morgan fingerprint density at radius 2 is 2.19 bits per heavy atom. The fourth-order valence-corrected chi connectivity index (χ4v) is 3.78. The minimum Gasteiger partial charge on any atom is -0.355 e. The molecule has 1 unspecified atom stereocenters. The molecule has 0 spiro atoms. The molecule has 2 heterocycles. The standard InChI is InChI=1S/C17H29N3S/c1-5-15-12-20(7-8-21-15)17-10-14(11-18-6-2)9-16(19-17)13(3)4/h9-10,13,15,18H,5-8,11-12H2,1-4H3. The summed E-state index contributed by atoms with van der Waals surface area (Å²) in [5.74, 6) is 2.87. The molecule has 1 aliphatic heterocycles. The molecule has 1 aliphatic rings. The fourth-order valence-electron chi connectivity index (χ4n) is 2.60. The molecule has 4 heteroatoms. The Balaban J connectivity index is 2.22. The Morgan fingerprint density at radius 1 is 1.38 bits per heavy atom. The molecule has 0 radical (unpaired) electrons. The minimum atomic E-state index is 0.478. The first kappa shape index (κ1) is 16.6. The van der Waals surface area contributed by atoms with E-state index in [4.69, 9.17) is 4.98 Å². The first-order valence-corrected chi connectivity index (χ1v) is 9.27. The van der Waals surface area contributed by atoms with Crippen molar-refractivity contribution in [2.45, 2.75) is 51.8 Å². The summed E-state index contributed by atoms with van der Waals surface area (Å²) >= 11 is 2.11. The molecule has 0 aromatic carbocycles. The van der Waals surface area contributed by atoms with Crippen LogP contribution in [0.1, 0.15) is 51.3 Å². The lowest BCUT2D eigenvalue weighted by Gasteiger charge is -2.33. The number of nitrogens with zero attached hydrogens (tertiary/aromatic N) is 2. The Bertz CT molecular complexity index is 448. The maximum absolute atomic E-state index is 4.92. The second kappa shape index (κ2) is 8.04. The first-order chi connectivity index (χ1) is 10.1. The topological polar surface area (TPSA) is 28.2 Å². The van der Waals surface area contributed by atoms with Crippen molar-refractivity contribution in [3.05, 3.63) is 23.4 Å². The summed E-state index contributed by atoms with van der Waals surface area (Å²) < 4.78 is 0. The zero-order chi connectivity index (χ0) is 15.2. The summed E-state index contributed by atoms with van der Waals surface area (Å²) in [5, 5.41) is 4.18. The lowest BCUT2D eigenvalue weighted by Crippen LogP contribution is -2.38. The number of thioether (sulfide) groups is 1. The van der Waals surface area contributed by atoms with Gasteiger partial charge in [-0.2, -0.15) is 11.8 Å². The summed E-state index contributed by atoms with van der Waals surface area (Å²) in [6.07, 6.45) is 1.25. The van der Waals surface area contributed by atoms with E-state index in [2.05, 4.69) is 61.8 Å². The van der Waals surface area contributed by atoms with E-state index in [0.29, 0.717) is 5.92 Å². The average Bonchev–Trinajstić information content (AvgIpc) is 2.52. The van der Waals surface area contributed by atoms with E-state index in [1.165, 1.54) is 29.2 Å². The lowest BCUT2D eigenvalue weighted by atomic mass is 10.1. The number of aromatic nitrogens is 1. The van der Waals surface area contributed by atoms with Gasteiger partial charge in [-0.3, -0.25) is 0 Å². The molecule has 0 amide bonds. The van der Waals surface area contributed by atoms with Crippen molar-refractivity contribution in [2.24, 2.45) is 0 Å². The van der Waals surface area contributed by atoms with Crippen LogP contribution in [0.2, 0.25) is 0 Å². The molecule has 1 saturated heterocycles. The molecule has 2 rings (SSSR count). The van der Waals surface area contributed by atoms with E-state index >= 15 is 0 Å². The van der Waals surface area contributed by atoms with Gasteiger partial charge in [0.2, 0.25) is 0 Å². The zero-order valence-electron chi connectivity index (χ0n) is 13.9. The quantitative estimate of drug-likeness (QED) is 0.868. The molecule has 1 N–H and O–H groups in total. The second-order valence-electron chi connectivity index (χ2n) is 6.04. The molecule has 21 heavy (non-hydrogen) atoms. The van der Waals surface area contributed by atoms with Gasteiger partial charge in [0.15, 0.2) is 0 Å². The number of hydrogen-bond acceptors (Lipinski definition) is 4. The van der Waals surface area contributed by atoms with Gasteiger partial charge in [-0.05, 0) is 36.6 Å². The Hall–Kier alpha value is -0.740. The van der Waals surface area contributed by atoms with Gasteiger partial charge in [0.1, 0.15) is 5.82 Å². The zero-order valence-corrected chi connectivity index (χ0v) is 14.7. The number of pyridine rings is 1. The SMILES string of the molecule is CCNCc1cc(C(C)C)nc(N2CCSC(CC)C2)c1. The van der Waals surface area contributed by atoms with Gasteiger partial charge in [-0.15, -0.1) is 0 Å². The smallest absolute Gasteiger partial charge is 0.129 e. The van der Waals surface area contributed by atoms with E-state index in [1.807, 2.05) is 0 Å². The average molecular weight is 308 g/mol. The maximum Gasteiger partial charge on any atom is 0.129 e. The largest absolute Gasteiger partial charge is 0.355 e. The molecule has 1 atom stereocenters. The number of hydrogen-bond donors (Lipinski definition) is 1. The van der Waals surface area contributed by atoms with Gasteiger partial charge >= 0.3 is 0 Å². The first-order valence-electron chi connectivity index (χ1n) is 8.22. The molecule has 1 fully saturated rings. The third-order valence-electron chi connectivity index (χ3n) is 3.98. The Labute approximate surface area is 133 Å². The molecular formula is C17H29N3S. The van der Waals surface area contributed by atoms with Crippen molar-refractivity contribution in [3.63, 3.8) is 0 Å². The molecule has 1 aromatic rings. The van der Waals surface area contributed by atoms with Crippen molar-refractivity contribution in [2.75, 3.05) is 30.3 Å². The maximum atomic E-state index is 4.92. The van der Waals surface area contributed by atoms with Gasteiger partial charge in [-0.1, -0.05) is 27.7 Å². The van der Waals surface area contributed by atoms with Crippen LogP contribution in [0, 0.1) is 0 Å². The summed E-state index contributed by atoms with van der Waals surface area (Å²) in [6.45, 7) is 13.1. The highest BCUT2D eigenvalue weighted by molar-refractivity contribution is 8.00. The molecule has 0 bridgehead atoms. The van der Waals surface area contributed by atoms with Crippen molar-refractivity contribution in [1.82, 2.24) is 10.3 Å². The van der Waals surface area contributed by atoms with Crippen LogP contribution in [-0.2, 0) is 6.54 Å². The van der Waals surface area contributed by atoms with Gasteiger partial charge in [0.25, 0.3) is 0 Å². The monoisotopic (exact) mass is 307 g/mol. The molecule has 1 aromatic heterocycles. The third kappa shape index (κ3) is 4.62. The highest BCUT2D eigenvalue weighted by Crippen LogP contribution is 2.27. The van der Waals surface area contributed by atoms with Crippen LogP contribution in [0.25, 0.3) is 0 Å². The molecular weight excluding hydrogens is 278 g/mol. The fraction of sp³-hybridized carbons (Fsp3) is 0.706. The van der Waals surface area contributed by atoms with Crippen LogP contribution in [0.3, 0.4) is 0 Å². The van der Waals surface area contributed by atoms with E-state index in [1.54, 1.807) is 0 Å². The van der Waals surface area contributed by atoms with Crippen LogP contribution in [-0.4, -0.2) is 35.6 Å². The normalized spacial score (nSPS) is 19.3. The van der Waals surface area contributed by atoms with Crippen molar-refractivity contribution >= 4 is 17.6 Å². The summed E-state index contributed by atoms with van der Waals surface area (Å²) in [6, 6.07) is 4.53. The highest BCUT2D eigenvalue weighted by atomic mass is 32.2. The summed E-state index contributed by atoms with van der Waals surface area (Å²) in [5.41, 5.74) is 2.57. The highest BCUT2D eigenvalue weighted by Gasteiger charge is 2.21. The molecule has 0 saturated carbocycles. The molecule has 3 nitrogen and oxygen atoms in total. The Kier molecular flexibility index (Phi) is 6.37. The number of nitrogens with one attached hydrogen (secondary N) is 1. The van der Waals surface area contributed by atoms with E-state index in [-0.39, 0.29) is 0 Å². The summed E-state index contributed by atoms with van der Waals surface area (Å²) in [7, 11) is 0. The number of anilines is 1. The van der Waals surface area contributed by atoms with Crippen LogP contribution in [0.15, 0.2) is 12.1 Å². The van der Waals surface area contributed by atoms with Gasteiger partial charge < -0.3 is 10.2 Å². The van der Waals surface area contributed by atoms with E-state index in [9.17, 15) is 0 Å². The van der Waals surface area contributed by atoms with Crippen molar-refractivity contribution in [3.8, 4) is 0 Å². The van der Waals surface area contributed by atoms with Crippen molar-refractivity contribution < 1.29 is 0 Å².